The van der Waals surface area contributed by atoms with Gasteiger partial charge in [-0.2, -0.15) is 9.97 Å². The van der Waals surface area contributed by atoms with E-state index < -0.39 is 0 Å². The molecule has 0 unspecified atom stereocenters. The molecular weight excluding hydrogens is 394 g/mol. The van der Waals surface area contributed by atoms with Gasteiger partial charge in [0.2, 0.25) is 5.95 Å². The minimum absolute atomic E-state index is 0.0867. The highest BCUT2D eigenvalue weighted by molar-refractivity contribution is 5.81. The van der Waals surface area contributed by atoms with Gasteiger partial charge in [0.1, 0.15) is 17.2 Å². The minimum atomic E-state index is 0.0867. The topological polar surface area (TPSA) is 125 Å². The van der Waals surface area contributed by atoms with E-state index in [1.165, 1.54) is 0 Å². The van der Waals surface area contributed by atoms with Crippen molar-refractivity contribution in [2.24, 2.45) is 0 Å². The van der Waals surface area contributed by atoms with Crippen molar-refractivity contribution in [1.82, 2.24) is 24.8 Å². The lowest BCUT2D eigenvalue weighted by Gasteiger charge is -2.16. The van der Waals surface area contributed by atoms with Crippen LogP contribution in [0.3, 0.4) is 0 Å². The smallest absolute Gasteiger partial charge is 0.224 e. The number of anilines is 2. The summed E-state index contributed by atoms with van der Waals surface area (Å²) in [5.41, 5.74) is 14.3. The number of nitrogens with two attached hydrogens (primary N) is 2. The van der Waals surface area contributed by atoms with Gasteiger partial charge in [-0.15, -0.1) is 0 Å². The molecule has 158 valence electrons. The number of ether oxygens (including phenoxy) is 2. The van der Waals surface area contributed by atoms with E-state index in [1.807, 2.05) is 55.6 Å². The molecule has 0 atom stereocenters. The lowest BCUT2D eigenvalue weighted by Crippen LogP contribution is -2.18. The van der Waals surface area contributed by atoms with Crippen LogP contribution in [0.25, 0.3) is 11.2 Å². The summed E-state index contributed by atoms with van der Waals surface area (Å²) in [6, 6.07) is 15.4. The number of aromatic nitrogens is 4. The highest BCUT2D eigenvalue weighted by Crippen LogP contribution is 2.24. The van der Waals surface area contributed by atoms with Crippen molar-refractivity contribution in [2.45, 2.75) is 13.1 Å². The molecule has 2 heterocycles. The Morgan fingerprint density at radius 2 is 1.48 bits per heavy atom. The van der Waals surface area contributed by atoms with Gasteiger partial charge in [-0.25, -0.2) is 9.97 Å². The minimum Gasteiger partial charge on any atom is -0.497 e. The standard InChI is InChI=1S/C22H23N7O2/c1-29(13-15-11-25-21-19(26-15)20(23)27-22(24)28-21)12-14-3-5-17(6-4-14)31-18-9-7-16(30-2)8-10-18/h3-11H,12-13H2,1-2H3,(H4,23,24,25,27,28). The molecule has 4 aromatic rings. The van der Waals surface area contributed by atoms with Gasteiger partial charge in [-0.05, 0) is 49.0 Å². The van der Waals surface area contributed by atoms with Crippen LogP contribution in [-0.2, 0) is 13.1 Å². The van der Waals surface area contributed by atoms with E-state index in [4.69, 9.17) is 20.9 Å². The molecular formula is C22H23N7O2. The summed E-state index contributed by atoms with van der Waals surface area (Å²) in [4.78, 5) is 19.0. The first-order valence-corrected chi connectivity index (χ1v) is 9.64. The van der Waals surface area contributed by atoms with E-state index in [0.29, 0.717) is 17.7 Å². The predicted molar refractivity (Wildman–Crippen MR) is 119 cm³/mol. The molecule has 9 heteroatoms. The van der Waals surface area contributed by atoms with Crippen LogP contribution in [0.15, 0.2) is 54.7 Å². The number of rotatable bonds is 7. The maximum absolute atomic E-state index is 5.90. The van der Waals surface area contributed by atoms with Gasteiger partial charge in [0.25, 0.3) is 0 Å². The quantitative estimate of drug-likeness (QED) is 0.466. The summed E-state index contributed by atoms with van der Waals surface area (Å²) >= 11 is 0. The Kier molecular flexibility index (Phi) is 5.76. The fourth-order valence-electron chi connectivity index (χ4n) is 3.15. The number of nitrogen functional groups attached to an aromatic ring is 2. The van der Waals surface area contributed by atoms with E-state index in [2.05, 4.69) is 24.8 Å². The van der Waals surface area contributed by atoms with Crippen molar-refractivity contribution in [3.05, 3.63) is 66.0 Å². The highest BCUT2D eigenvalue weighted by atomic mass is 16.5. The number of hydrogen-bond donors (Lipinski definition) is 2. The normalized spacial score (nSPS) is 11.1. The molecule has 0 aliphatic carbocycles. The zero-order valence-electron chi connectivity index (χ0n) is 17.3. The van der Waals surface area contributed by atoms with Crippen LogP contribution >= 0.6 is 0 Å². The van der Waals surface area contributed by atoms with E-state index in [9.17, 15) is 0 Å². The first kappa shape index (κ1) is 20.3. The Labute approximate surface area is 179 Å². The summed E-state index contributed by atoms with van der Waals surface area (Å²) in [6.45, 7) is 1.33. The summed E-state index contributed by atoms with van der Waals surface area (Å²) in [5, 5.41) is 0. The first-order chi connectivity index (χ1) is 15.0. The molecule has 0 aliphatic rings. The average Bonchev–Trinajstić information content (AvgIpc) is 2.76. The molecule has 0 aliphatic heterocycles. The van der Waals surface area contributed by atoms with E-state index in [0.717, 1.165) is 35.1 Å². The third kappa shape index (κ3) is 4.96. The summed E-state index contributed by atoms with van der Waals surface area (Å²) in [6.07, 6.45) is 1.68. The number of hydrogen-bond acceptors (Lipinski definition) is 9. The first-order valence-electron chi connectivity index (χ1n) is 9.64. The number of benzene rings is 2. The molecule has 0 bridgehead atoms. The molecule has 0 spiro atoms. The van der Waals surface area contributed by atoms with Gasteiger partial charge in [-0.1, -0.05) is 12.1 Å². The van der Waals surface area contributed by atoms with Crippen LogP contribution in [0, 0.1) is 0 Å². The molecule has 0 saturated carbocycles. The monoisotopic (exact) mass is 417 g/mol. The Morgan fingerprint density at radius 3 is 2.16 bits per heavy atom. The van der Waals surface area contributed by atoms with Gasteiger partial charge in [-0.3, -0.25) is 4.90 Å². The van der Waals surface area contributed by atoms with Crippen LogP contribution in [0.4, 0.5) is 11.8 Å². The predicted octanol–water partition coefficient (Wildman–Crippen LogP) is 3.02. The zero-order chi connectivity index (χ0) is 21.8. The molecule has 0 radical (unpaired) electrons. The van der Waals surface area contributed by atoms with Crippen molar-refractivity contribution in [3.8, 4) is 17.2 Å². The van der Waals surface area contributed by atoms with Crippen molar-refractivity contribution < 1.29 is 9.47 Å². The van der Waals surface area contributed by atoms with Crippen molar-refractivity contribution in [3.63, 3.8) is 0 Å². The fourth-order valence-corrected chi connectivity index (χ4v) is 3.15. The SMILES string of the molecule is COc1ccc(Oc2ccc(CN(C)Cc3cnc4nc(N)nc(N)c4n3)cc2)cc1. The Bertz CT molecular complexity index is 1180. The molecule has 2 aromatic carbocycles. The van der Waals surface area contributed by atoms with Crippen LogP contribution < -0.4 is 20.9 Å². The van der Waals surface area contributed by atoms with Gasteiger partial charge in [0, 0.05) is 13.1 Å². The average molecular weight is 417 g/mol. The molecule has 0 amide bonds. The Balaban J connectivity index is 1.38. The molecule has 4 rings (SSSR count). The van der Waals surface area contributed by atoms with Crippen LogP contribution in [0.5, 0.6) is 17.2 Å². The highest BCUT2D eigenvalue weighted by Gasteiger charge is 2.10. The Morgan fingerprint density at radius 1 is 0.839 bits per heavy atom. The summed E-state index contributed by atoms with van der Waals surface area (Å²) in [7, 11) is 3.65. The van der Waals surface area contributed by atoms with E-state index >= 15 is 0 Å². The van der Waals surface area contributed by atoms with E-state index in [1.54, 1.807) is 13.3 Å². The van der Waals surface area contributed by atoms with Gasteiger partial charge in [0.05, 0.1) is 19.0 Å². The largest absolute Gasteiger partial charge is 0.497 e. The fraction of sp³-hybridized carbons (Fsp3) is 0.182. The lowest BCUT2D eigenvalue weighted by molar-refractivity contribution is 0.315. The van der Waals surface area contributed by atoms with Crippen LogP contribution in [-0.4, -0.2) is 39.0 Å². The molecule has 31 heavy (non-hydrogen) atoms. The van der Waals surface area contributed by atoms with Crippen LogP contribution in [0.1, 0.15) is 11.3 Å². The number of nitrogens with zero attached hydrogens (tertiary/aromatic N) is 5. The van der Waals surface area contributed by atoms with Gasteiger partial charge < -0.3 is 20.9 Å². The molecule has 4 N–H and O–H groups in total. The second-order valence-corrected chi connectivity index (χ2v) is 7.09. The number of methoxy groups -OCH3 is 1. The Hall–Kier alpha value is -3.98. The van der Waals surface area contributed by atoms with Crippen molar-refractivity contribution >= 4 is 22.9 Å². The summed E-state index contributed by atoms with van der Waals surface area (Å²) < 4.78 is 11.0. The molecule has 2 aromatic heterocycles. The van der Waals surface area contributed by atoms with Crippen LogP contribution in [0.2, 0.25) is 0 Å². The second kappa shape index (κ2) is 8.80. The van der Waals surface area contributed by atoms with Gasteiger partial charge in [0.15, 0.2) is 17.0 Å². The second-order valence-electron chi connectivity index (χ2n) is 7.09. The number of fused-ring (bicyclic) bond motifs is 1. The van der Waals surface area contributed by atoms with Gasteiger partial charge >= 0.3 is 0 Å². The third-order valence-corrected chi connectivity index (χ3v) is 4.60. The summed E-state index contributed by atoms with van der Waals surface area (Å²) in [5.74, 6) is 2.63. The molecule has 0 saturated heterocycles. The van der Waals surface area contributed by atoms with Crippen molar-refractivity contribution in [1.29, 1.82) is 0 Å². The van der Waals surface area contributed by atoms with E-state index in [-0.39, 0.29) is 11.8 Å². The maximum atomic E-state index is 5.90. The third-order valence-electron chi connectivity index (χ3n) is 4.60. The molecule has 0 fully saturated rings. The zero-order valence-corrected chi connectivity index (χ0v) is 17.3. The van der Waals surface area contributed by atoms with Crippen molar-refractivity contribution in [2.75, 3.05) is 25.6 Å². The molecule has 9 nitrogen and oxygen atoms in total. The lowest BCUT2D eigenvalue weighted by atomic mass is 10.2. The maximum Gasteiger partial charge on any atom is 0.224 e.